The van der Waals surface area contributed by atoms with Crippen molar-refractivity contribution in [1.29, 1.82) is 5.26 Å². The number of hydrogen-bond donors (Lipinski definition) is 2. The lowest BCUT2D eigenvalue weighted by Crippen LogP contribution is -2.12. The molecule has 0 aliphatic rings. The lowest BCUT2D eigenvalue weighted by molar-refractivity contribution is 0.102. The van der Waals surface area contributed by atoms with Gasteiger partial charge in [0.25, 0.3) is 5.91 Å². The summed E-state index contributed by atoms with van der Waals surface area (Å²) in [5.41, 5.74) is 1.99. The molecule has 0 aromatic heterocycles. The number of carbonyl (C=O) groups is 1. The topological polar surface area (TPSA) is 77.3 Å². The Labute approximate surface area is 133 Å². The number of thioether (sulfide) groups is 1. The minimum absolute atomic E-state index is 0.159. The zero-order chi connectivity index (χ0) is 15.8. The van der Waals surface area contributed by atoms with Crippen molar-refractivity contribution < 1.29 is 4.79 Å². The monoisotopic (exact) mass is 310 g/mol. The van der Waals surface area contributed by atoms with E-state index in [0.29, 0.717) is 22.1 Å². The molecule has 0 unspecified atom stereocenters. The molecular formula is C16H14N4OS. The van der Waals surface area contributed by atoms with Crippen molar-refractivity contribution in [2.45, 2.75) is 0 Å². The quantitative estimate of drug-likeness (QED) is 0.394. The first-order valence-electron chi connectivity index (χ1n) is 6.47. The third-order valence-corrected chi connectivity index (χ3v) is 3.33. The highest BCUT2D eigenvalue weighted by atomic mass is 32.2. The Hall–Kier alpha value is -2.78. The number of amidine groups is 1. The number of amides is 1. The van der Waals surface area contributed by atoms with E-state index in [1.807, 2.05) is 30.6 Å². The molecular weight excluding hydrogens is 296 g/mol. The number of nitrogens with zero attached hydrogens (tertiary/aromatic N) is 2. The summed E-state index contributed by atoms with van der Waals surface area (Å²) in [6.07, 6.45) is 3.67. The van der Waals surface area contributed by atoms with Crippen LogP contribution < -0.4 is 10.6 Å². The molecule has 2 rings (SSSR count). The maximum atomic E-state index is 12.0. The van der Waals surface area contributed by atoms with E-state index in [9.17, 15) is 4.79 Å². The van der Waals surface area contributed by atoms with Crippen molar-refractivity contribution in [3.05, 3.63) is 60.2 Å². The Morgan fingerprint density at radius 1 is 1.14 bits per heavy atom. The van der Waals surface area contributed by atoms with E-state index in [0.717, 1.165) is 0 Å². The summed E-state index contributed by atoms with van der Waals surface area (Å²) in [4.78, 5) is 16.3. The van der Waals surface area contributed by atoms with Crippen LogP contribution in [0, 0.1) is 11.5 Å². The van der Waals surface area contributed by atoms with E-state index in [2.05, 4.69) is 15.6 Å². The van der Waals surface area contributed by atoms with Crippen LogP contribution in [-0.4, -0.2) is 17.3 Å². The fraction of sp³-hybridized carbons (Fsp3) is 0.0625. The Balaban J connectivity index is 2.06. The number of benzene rings is 2. The van der Waals surface area contributed by atoms with Crippen LogP contribution >= 0.6 is 11.8 Å². The maximum Gasteiger partial charge on any atom is 0.255 e. The van der Waals surface area contributed by atoms with Gasteiger partial charge in [-0.25, -0.2) is 4.99 Å². The summed E-state index contributed by atoms with van der Waals surface area (Å²) in [7, 11) is 0. The van der Waals surface area contributed by atoms with E-state index in [1.165, 1.54) is 11.8 Å². The average molecular weight is 310 g/mol. The number of carbonyl (C=O) groups excluding carboxylic acids is 1. The minimum Gasteiger partial charge on any atom is -0.322 e. The molecule has 6 heteroatoms. The predicted molar refractivity (Wildman–Crippen MR) is 90.2 cm³/mol. The van der Waals surface area contributed by atoms with Crippen LogP contribution in [0.2, 0.25) is 0 Å². The molecule has 2 N–H and O–H groups in total. The highest BCUT2D eigenvalue weighted by Crippen LogP contribution is 2.18. The SMILES string of the molecule is CSC(=Nc1ccc(NC(=O)c2ccccc2)cc1)NC#N. The van der Waals surface area contributed by atoms with Crippen molar-refractivity contribution in [2.24, 2.45) is 4.99 Å². The summed E-state index contributed by atoms with van der Waals surface area (Å²) < 4.78 is 0. The summed E-state index contributed by atoms with van der Waals surface area (Å²) in [6.45, 7) is 0. The highest BCUT2D eigenvalue weighted by Gasteiger charge is 2.05. The van der Waals surface area contributed by atoms with Gasteiger partial charge in [-0.3, -0.25) is 10.1 Å². The Morgan fingerprint density at radius 3 is 2.41 bits per heavy atom. The second-order valence-electron chi connectivity index (χ2n) is 4.22. The summed E-state index contributed by atoms with van der Waals surface area (Å²) in [5, 5.41) is 14.4. The van der Waals surface area contributed by atoms with E-state index in [1.54, 1.807) is 36.4 Å². The van der Waals surface area contributed by atoms with Crippen LogP contribution in [0.1, 0.15) is 10.4 Å². The minimum atomic E-state index is -0.159. The largest absolute Gasteiger partial charge is 0.322 e. The molecule has 0 heterocycles. The van der Waals surface area contributed by atoms with E-state index in [4.69, 9.17) is 5.26 Å². The Bertz CT molecular complexity index is 705. The number of hydrogen-bond acceptors (Lipinski definition) is 4. The fourth-order valence-corrected chi connectivity index (χ4v) is 2.05. The molecule has 0 saturated heterocycles. The predicted octanol–water partition coefficient (Wildman–Crippen LogP) is 3.36. The number of nitriles is 1. The molecule has 0 aliphatic heterocycles. The summed E-state index contributed by atoms with van der Waals surface area (Å²) >= 11 is 1.35. The molecule has 0 radical (unpaired) electrons. The van der Waals surface area contributed by atoms with Crippen LogP contribution in [0.4, 0.5) is 11.4 Å². The number of nitrogens with one attached hydrogen (secondary N) is 2. The average Bonchev–Trinajstić information content (AvgIpc) is 2.57. The standard InChI is InChI=1S/C16H14N4OS/c1-22-16(18-11-17)20-14-9-7-13(8-10-14)19-15(21)12-5-3-2-4-6-12/h2-10H,1H3,(H,18,20)(H,19,21). The summed E-state index contributed by atoms with van der Waals surface area (Å²) in [5.74, 6) is -0.159. The van der Waals surface area contributed by atoms with Crippen LogP contribution in [0.15, 0.2) is 59.6 Å². The second-order valence-corrected chi connectivity index (χ2v) is 5.02. The first-order chi connectivity index (χ1) is 10.7. The lowest BCUT2D eigenvalue weighted by atomic mass is 10.2. The van der Waals surface area contributed by atoms with Crippen LogP contribution in [0.5, 0.6) is 0 Å². The third-order valence-electron chi connectivity index (χ3n) is 2.75. The van der Waals surface area contributed by atoms with Crippen molar-refractivity contribution in [2.75, 3.05) is 11.6 Å². The summed E-state index contributed by atoms with van der Waals surface area (Å²) in [6, 6.07) is 16.1. The molecule has 22 heavy (non-hydrogen) atoms. The van der Waals surface area contributed by atoms with Crippen molar-refractivity contribution in [3.8, 4) is 6.19 Å². The smallest absolute Gasteiger partial charge is 0.255 e. The van der Waals surface area contributed by atoms with Gasteiger partial charge in [0.05, 0.1) is 5.69 Å². The molecule has 1 amide bonds. The second kappa shape index (κ2) is 7.86. The molecule has 0 spiro atoms. The van der Waals surface area contributed by atoms with Crippen LogP contribution in [0.25, 0.3) is 0 Å². The van der Waals surface area contributed by atoms with E-state index < -0.39 is 0 Å². The van der Waals surface area contributed by atoms with Gasteiger partial charge in [0.15, 0.2) is 11.4 Å². The molecule has 0 atom stereocenters. The molecule has 2 aromatic rings. The van der Waals surface area contributed by atoms with Gasteiger partial charge in [0, 0.05) is 11.3 Å². The van der Waals surface area contributed by atoms with E-state index in [-0.39, 0.29) is 5.91 Å². The molecule has 0 saturated carbocycles. The van der Waals surface area contributed by atoms with Gasteiger partial charge in [-0.05, 0) is 42.7 Å². The van der Waals surface area contributed by atoms with Gasteiger partial charge < -0.3 is 5.32 Å². The van der Waals surface area contributed by atoms with Crippen molar-refractivity contribution in [3.63, 3.8) is 0 Å². The maximum absolute atomic E-state index is 12.0. The van der Waals surface area contributed by atoms with Crippen LogP contribution in [0.3, 0.4) is 0 Å². The lowest BCUT2D eigenvalue weighted by Gasteiger charge is -2.06. The van der Waals surface area contributed by atoms with Crippen molar-refractivity contribution in [1.82, 2.24) is 5.32 Å². The van der Waals surface area contributed by atoms with Gasteiger partial charge in [-0.1, -0.05) is 30.0 Å². The Kier molecular flexibility index (Phi) is 5.57. The van der Waals surface area contributed by atoms with Gasteiger partial charge in [0.2, 0.25) is 0 Å². The normalized spacial score (nSPS) is 10.6. The third kappa shape index (κ3) is 4.36. The zero-order valence-electron chi connectivity index (χ0n) is 11.9. The Morgan fingerprint density at radius 2 is 1.82 bits per heavy atom. The first-order valence-corrected chi connectivity index (χ1v) is 7.69. The van der Waals surface area contributed by atoms with Gasteiger partial charge >= 0.3 is 0 Å². The zero-order valence-corrected chi connectivity index (χ0v) is 12.7. The van der Waals surface area contributed by atoms with E-state index >= 15 is 0 Å². The molecule has 2 aromatic carbocycles. The molecule has 0 aliphatic carbocycles. The molecule has 0 fully saturated rings. The number of aliphatic imine (C=N–C) groups is 1. The highest BCUT2D eigenvalue weighted by molar-refractivity contribution is 8.13. The number of rotatable bonds is 3. The first kappa shape index (κ1) is 15.6. The van der Waals surface area contributed by atoms with Gasteiger partial charge in [-0.2, -0.15) is 5.26 Å². The van der Waals surface area contributed by atoms with Crippen LogP contribution in [-0.2, 0) is 0 Å². The molecule has 0 bridgehead atoms. The van der Waals surface area contributed by atoms with Crippen molar-refractivity contribution >= 4 is 34.2 Å². The van der Waals surface area contributed by atoms with Gasteiger partial charge in [-0.15, -0.1) is 0 Å². The molecule has 110 valence electrons. The fourth-order valence-electron chi connectivity index (χ4n) is 1.70. The number of anilines is 1. The van der Waals surface area contributed by atoms with Gasteiger partial charge in [0.1, 0.15) is 0 Å². The molecule has 5 nitrogen and oxygen atoms in total.